The third-order valence-electron chi connectivity index (χ3n) is 3.65. The molecule has 2 nitrogen and oxygen atoms in total. The second kappa shape index (κ2) is 6.91. The smallest absolute Gasteiger partial charge is 0.122 e. The minimum Gasteiger partial charge on any atom is -0.496 e. The van der Waals surface area contributed by atoms with Crippen LogP contribution in [0, 0.1) is 6.92 Å². The van der Waals surface area contributed by atoms with E-state index in [1.54, 1.807) is 7.11 Å². The van der Waals surface area contributed by atoms with Gasteiger partial charge in [0.05, 0.1) is 7.11 Å². The van der Waals surface area contributed by atoms with Crippen LogP contribution in [0.4, 0.5) is 0 Å². The maximum Gasteiger partial charge on any atom is 0.122 e. The second-order valence-electron chi connectivity index (χ2n) is 4.81. The molecule has 0 aromatic heterocycles. The van der Waals surface area contributed by atoms with Gasteiger partial charge in [0.25, 0.3) is 0 Å². The summed E-state index contributed by atoms with van der Waals surface area (Å²) in [5.41, 5.74) is 3.81. The second-order valence-corrected chi connectivity index (χ2v) is 5.67. The van der Waals surface area contributed by atoms with Gasteiger partial charge in [0.1, 0.15) is 5.75 Å². The van der Waals surface area contributed by atoms with Crippen molar-refractivity contribution in [3.8, 4) is 5.75 Å². The zero-order chi connectivity index (χ0) is 14.5. The van der Waals surface area contributed by atoms with Crippen LogP contribution >= 0.6 is 15.9 Å². The third kappa shape index (κ3) is 3.22. The third-order valence-corrected chi connectivity index (χ3v) is 4.51. The summed E-state index contributed by atoms with van der Waals surface area (Å²) in [6.45, 7) is 2.14. The lowest BCUT2D eigenvalue weighted by Gasteiger charge is -2.21. The molecule has 0 spiro atoms. The normalized spacial score (nSPS) is 12.2. The van der Waals surface area contributed by atoms with E-state index in [1.807, 2.05) is 19.2 Å². The summed E-state index contributed by atoms with van der Waals surface area (Å²) < 4.78 is 6.59. The summed E-state index contributed by atoms with van der Waals surface area (Å²) in [5.74, 6) is 0.945. The van der Waals surface area contributed by atoms with E-state index in [0.29, 0.717) is 0 Å². The molecule has 106 valence electrons. The number of para-hydroxylation sites is 1. The maximum absolute atomic E-state index is 5.44. The van der Waals surface area contributed by atoms with Crippen molar-refractivity contribution in [3.63, 3.8) is 0 Å². The van der Waals surface area contributed by atoms with E-state index in [9.17, 15) is 0 Å². The molecule has 1 N–H and O–H groups in total. The number of ether oxygens (including phenoxy) is 1. The summed E-state index contributed by atoms with van der Waals surface area (Å²) in [6.07, 6.45) is 0.901. The Balaban J connectivity index is 2.31. The molecule has 3 heteroatoms. The largest absolute Gasteiger partial charge is 0.496 e. The van der Waals surface area contributed by atoms with E-state index in [0.717, 1.165) is 16.6 Å². The number of methoxy groups -OCH3 is 1. The molecule has 0 fully saturated rings. The average molecular weight is 334 g/mol. The minimum absolute atomic E-state index is 0.267. The number of halogens is 1. The highest BCUT2D eigenvalue weighted by molar-refractivity contribution is 9.10. The van der Waals surface area contributed by atoms with Crippen molar-refractivity contribution in [1.82, 2.24) is 5.32 Å². The van der Waals surface area contributed by atoms with Gasteiger partial charge in [-0.2, -0.15) is 0 Å². The van der Waals surface area contributed by atoms with Gasteiger partial charge in [0.2, 0.25) is 0 Å². The molecule has 2 aromatic carbocycles. The molecule has 1 atom stereocenters. The van der Waals surface area contributed by atoms with Gasteiger partial charge in [0.15, 0.2) is 0 Å². The lowest BCUT2D eigenvalue weighted by Crippen LogP contribution is -2.20. The van der Waals surface area contributed by atoms with Crippen molar-refractivity contribution in [2.75, 3.05) is 14.2 Å². The van der Waals surface area contributed by atoms with E-state index in [2.05, 4.69) is 58.5 Å². The number of hydrogen-bond donors (Lipinski definition) is 1. The van der Waals surface area contributed by atoms with Crippen molar-refractivity contribution in [1.29, 1.82) is 0 Å². The first kappa shape index (κ1) is 15.1. The van der Waals surface area contributed by atoms with Crippen LogP contribution < -0.4 is 10.1 Å². The van der Waals surface area contributed by atoms with Gasteiger partial charge in [-0.05, 0) is 49.2 Å². The predicted octanol–water partition coefficient (Wildman–Crippen LogP) is 4.27. The first-order valence-electron chi connectivity index (χ1n) is 6.71. The van der Waals surface area contributed by atoms with Crippen LogP contribution in [0.3, 0.4) is 0 Å². The van der Waals surface area contributed by atoms with Crippen LogP contribution in [0.1, 0.15) is 22.7 Å². The fourth-order valence-electron chi connectivity index (χ4n) is 2.46. The molecule has 2 rings (SSSR count). The van der Waals surface area contributed by atoms with E-state index in [1.165, 1.54) is 16.7 Å². The Kier molecular flexibility index (Phi) is 5.21. The molecule has 0 aliphatic carbocycles. The minimum atomic E-state index is 0.267. The number of nitrogens with one attached hydrogen (secondary N) is 1. The summed E-state index contributed by atoms with van der Waals surface area (Å²) >= 11 is 3.60. The molecule has 0 aliphatic rings. The molecular weight excluding hydrogens is 314 g/mol. The van der Waals surface area contributed by atoms with Gasteiger partial charge in [0, 0.05) is 10.5 Å². The monoisotopic (exact) mass is 333 g/mol. The van der Waals surface area contributed by atoms with Gasteiger partial charge in [-0.1, -0.05) is 46.3 Å². The van der Waals surface area contributed by atoms with Crippen molar-refractivity contribution in [2.24, 2.45) is 0 Å². The summed E-state index contributed by atoms with van der Waals surface area (Å²) in [4.78, 5) is 0. The SMILES string of the molecule is CNC(Cc1ccccc1OC)c1cccc(Br)c1C. The maximum atomic E-state index is 5.44. The van der Waals surface area contributed by atoms with Crippen molar-refractivity contribution >= 4 is 15.9 Å². The Morgan fingerprint density at radius 3 is 2.60 bits per heavy atom. The topological polar surface area (TPSA) is 21.3 Å². The highest BCUT2D eigenvalue weighted by Crippen LogP contribution is 2.29. The lowest BCUT2D eigenvalue weighted by molar-refractivity contribution is 0.406. The van der Waals surface area contributed by atoms with Crippen LogP contribution in [0.25, 0.3) is 0 Å². The zero-order valence-electron chi connectivity index (χ0n) is 12.1. The van der Waals surface area contributed by atoms with Crippen molar-refractivity contribution < 1.29 is 4.74 Å². The Hall–Kier alpha value is -1.32. The molecular formula is C17H20BrNO. The molecule has 0 bridgehead atoms. The lowest BCUT2D eigenvalue weighted by atomic mass is 9.95. The van der Waals surface area contributed by atoms with Crippen molar-refractivity contribution in [2.45, 2.75) is 19.4 Å². The molecule has 20 heavy (non-hydrogen) atoms. The molecule has 0 radical (unpaired) electrons. The Morgan fingerprint density at radius 1 is 1.15 bits per heavy atom. The number of rotatable bonds is 5. The highest BCUT2D eigenvalue weighted by Gasteiger charge is 2.15. The molecule has 2 aromatic rings. The van der Waals surface area contributed by atoms with Crippen LogP contribution in [-0.2, 0) is 6.42 Å². The van der Waals surface area contributed by atoms with E-state index < -0.39 is 0 Å². The van der Waals surface area contributed by atoms with Crippen LogP contribution in [-0.4, -0.2) is 14.2 Å². The first-order valence-corrected chi connectivity index (χ1v) is 7.50. The number of likely N-dealkylation sites (N-methyl/N-ethyl adjacent to an activating group) is 1. The van der Waals surface area contributed by atoms with Crippen LogP contribution in [0.5, 0.6) is 5.75 Å². The summed E-state index contributed by atoms with van der Waals surface area (Å²) in [5, 5.41) is 3.41. The Bertz CT molecular complexity index is 583. The molecule has 0 amide bonds. The predicted molar refractivity (Wildman–Crippen MR) is 87.4 cm³/mol. The Labute approximate surface area is 129 Å². The quantitative estimate of drug-likeness (QED) is 0.882. The fraction of sp³-hybridized carbons (Fsp3) is 0.294. The standard InChI is InChI=1S/C17H20BrNO/c1-12-14(8-6-9-15(12)18)16(19-2)11-13-7-4-5-10-17(13)20-3/h4-10,16,19H,11H2,1-3H3. The molecule has 0 aliphatic heterocycles. The Morgan fingerprint density at radius 2 is 1.90 bits per heavy atom. The van der Waals surface area contributed by atoms with Gasteiger partial charge in [-0.25, -0.2) is 0 Å². The van der Waals surface area contributed by atoms with E-state index >= 15 is 0 Å². The van der Waals surface area contributed by atoms with Crippen molar-refractivity contribution in [3.05, 3.63) is 63.6 Å². The first-order chi connectivity index (χ1) is 9.67. The van der Waals surface area contributed by atoms with Crippen LogP contribution in [0.15, 0.2) is 46.9 Å². The molecule has 1 unspecified atom stereocenters. The highest BCUT2D eigenvalue weighted by atomic mass is 79.9. The van der Waals surface area contributed by atoms with Gasteiger partial charge in [-0.15, -0.1) is 0 Å². The van der Waals surface area contributed by atoms with Gasteiger partial charge in [-0.3, -0.25) is 0 Å². The summed E-state index contributed by atoms with van der Waals surface area (Å²) in [6, 6.07) is 14.8. The van der Waals surface area contributed by atoms with Gasteiger partial charge < -0.3 is 10.1 Å². The molecule has 0 heterocycles. The van der Waals surface area contributed by atoms with Crippen LogP contribution in [0.2, 0.25) is 0 Å². The number of hydrogen-bond acceptors (Lipinski definition) is 2. The fourth-order valence-corrected chi connectivity index (χ4v) is 2.84. The number of benzene rings is 2. The van der Waals surface area contributed by atoms with E-state index in [-0.39, 0.29) is 6.04 Å². The zero-order valence-corrected chi connectivity index (χ0v) is 13.7. The molecule has 0 saturated heterocycles. The average Bonchev–Trinajstić information content (AvgIpc) is 2.48. The summed E-state index contributed by atoms with van der Waals surface area (Å²) in [7, 11) is 3.72. The van der Waals surface area contributed by atoms with E-state index in [4.69, 9.17) is 4.74 Å². The van der Waals surface area contributed by atoms with Gasteiger partial charge >= 0.3 is 0 Å². The molecule has 0 saturated carbocycles.